The van der Waals surface area contributed by atoms with Gasteiger partial charge in [-0.15, -0.1) is 11.3 Å². The Labute approximate surface area is 193 Å². The molecule has 3 aromatic carbocycles. The van der Waals surface area contributed by atoms with Crippen LogP contribution < -0.4 is 24.8 Å². The van der Waals surface area contributed by atoms with Crippen molar-refractivity contribution in [3.05, 3.63) is 110 Å². The first kappa shape index (κ1) is 21.8. The lowest BCUT2D eigenvalue weighted by molar-refractivity contribution is -0.111. The van der Waals surface area contributed by atoms with E-state index in [4.69, 9.17) is 4.74 Å². The van der Waals surface area contributed by atoms with Gasteiger partial charge >= 0.3 is 0 Å². The van der Waals surface area contributed by atoms with E-state index in [0.29, 0.717) is 21.7 Å². The van der Waals surface area contributed by atoms with Crippen molar-refractivity contribution in [1.29, 1.82) is 5.26 Å². The lowest BCUT2D eigenvalue weighted by atomic mass is 10.2. The van der Waals surface area contributed by atoms with Crippen molar-refractivity contribution in [2.24, 2.45) is 0 Å². The lowest BCUT2D eigenvalue weighted by Gasteiger charge is -2.07. The largest absolute Gasteiger partial charge is 0.497 e. The molecule has 6 nitrogen and oxygen atoms in total. The number of nitriles is 1. The maximum absolute atomic E-state index is 13.4. The fourth-order valence-corrected chi connectivity index (χ4v) is 4.35. The van der Waals surface area contributed by atoms with Crippen LogP contribution in [0.2, 0.25) is 0 Å². The standard InChI is InChI=1S/C26H19N3O3S/c1-32-21-14-8-11-19(16-21)28-24(30)22(17-27)26-29(20-12-6-3-7-13-20)25(31)23(33-26)15-18-9-4-2-5-10-18/h2-16H,1H3,(H,28,30)/b23-15+,26-22+. The molecule has 1 aromatic heterocycles. The molecule has 0 saturated carbocycles. The predicted molar refractivity (Wildman–Crippen MR) is 130 cm³/mol. The second kappa shape index (κ2) is 9.81. The van der Waals surface area contributed by atoms with Crippen molar-refractivity contribution >= 4 is 34.6 Å². The summed E-state index contributed by atoms with van der Waals surface area (Å²) in [4.78, 5) is 26.4. The van der Waals surface area contributed by atoms with Crippen LogP contribution in [0.15, 0.2) is 89.7 Å². The topological polar surface area (TPSA) is 84.1 Å². The summed E-state index contributed by atoms with van der Waals surface area (Å²) in [7, 11) is 1.53. The monoisotopic (exact) mass is 453 g/mol. The zero-order chi connectivity index (χ0) is 23.2. The van der Waals surface area contributed by atoms with Gasteiger partial charge in [0.15, 0.2) is 5.57 Å². The van der Waals surface area contributed by atoms with Crippen LogP contribution in [0.1, 0.15) is 5.56 Å². The molecule has 0 aliphatic heterocycles. The van der Waals surface area contributed by atoms with Crippen molar-refractivity contribution in [1.82, 2.24) is 4.57 Å². The number of amides is 1. The number of methoxy groups -OCH3 is 1. The summed E-state index contributed by atoms with van der Waals surface area (Å²) in [5, 5.41) is 12.6. The van der Waals surface area contributed by atoms with Crippen LogP contribution in [0.25, 0.3) is 17.3 Å². The summed E-state index contributed by atoms with van der Waals surface area (Å²) in [5.74, 6) is -0.0358. The van der Waals surface area contributed by atoms with Gasteiger partial charge in [-0.25, -0.2) is 0 Å². The third-order valence-corrected chi connectivity index (χ3v) is 5.91. The normalized spacial score (nSPS) is 12.1. The Morgan fingerprint density at radius 3 is 2.39 bits per heavy atom. The van der Waals surface area contributed by atoms with Crippen LogP contribution in [0.4, 0.5) is 5.69 Å². The van der Waals surface area contributed by atoms with Gasteiger partial charge in [0.25, 0.3) is 11.5 Å². The van der Waals surface area contributed by atoms with E-state index >= 15 is 0 Å². The van der Waals surface area contributed by atoms with Crippen LogP contribution in [0, 0.1) is 11.3 Å². The molecule has 0 unspecified atom stereocenters. The number of benzene rings is 3. The first-order valence-corrected chi connectivity index (χ1v) is 10.9. The number of rotatable bonds is 5. The maximum atomic E-state index is 13.4. The van der Waals surface area contributed by atoms with Gasteiger partial charge in [0.1, 0.15) is 16.5 Å². The Balaban J connectivity index is 1.92. The summed E-state index contributed by atoms with van der Waals surface area (Å²) < 4.78 is 7.27. The van der Waals surface area contributed by atoms with Crippen LogP contribution >= 0.6 is 11.3 Å². The van der Waals surface area contributed by atoms with Crippen molar-refractivity contribution in [3.63, 3.8) is 0 Å². The molecule has 0 fully saturated rings. The van der Waals surface area contributed by atoms with Crippen LogP contribution in [0.5, 0.6) is 5.75 Å². The highest BCUT2D eigenvalue weighted by molar-refractivity contribution is 7.07. The van der Waals surface area contributed by atoms with E-state index in [2.05, 4.69) is 5.32 Å². The molecule has 4 aromatic rings. The Morgan fingerprint density at radius 1 is 1.03 bits per heavy atom. The highest BCUT2D eigenvalue weighted by atomic mass is 32.1. The Bertz CT molecular complexity index is 1510. The van der Waals surface area contributed by atoms with E-state index in [-0.39, 0.29) is 15.8 Å². The van der Waals surface area contributed by atoms with E-state index in [1.54, 1.807) is 54.6 Å². The highest BCUT2D eigenvalue weighted by Gasteiger charge is 2.17. The molecule has 7 heteroatoms. The molecule has 4 rings (SSSR count). The molecular formula is C26H19N3O3S. The SMILES string of the molecule is COc1cccc(NC(=O)/C(C#N)=c2/s/c(=C/c3ccccc3)c(=O)n2-c2ccccc2)c1. The average Bonchev–Trinajstić information content (AvgIpc) is 3.16. The molecule has 1 N–H and O–H groups in total. The number of carbonyl (C=O) groups excluding carboxylic acids is 1. The smallest absolute Gasteiger partial charge is 0.273 e. The van der Waals surface area contributed by atoms with E-state index in [0.717, 1.165) is 16.9 Å². The number of nitrogens with zero attached hydrogens (tertiary/aromatic N) is 2. The van der Waals surface area contributed by atoms with E-state index < -0.39 is 5.91 Å². The molecule has 0 atom stereocenters. The number of ether oxygens (including phenoxy) is 1. The second-order valence-electron chi connectivity index (χ2n) is 6.98. The van der Waals surface area contributed by atoms with Crippen molar-refractivity contribution < 1.29 is 9.53 Å². The van der Waals surface area contributed by atoms with Crippen molar-refractivity contribution in [2.45, 2.75) is 0 Å². The molecule has 0 aliphatic rings. The number of thiazole rings is 1. The zero-order valence-corrected chi connectivity index (χ0v) is 18.5. The van der Waals surface area contributed by atoms with Crippen molar-refractivity contribution in [3.8, 4) is 17.5 Å². The third-order valence-electron chi connectivity index (χ3n) is 4.82. The number of carbonyl (C=O) groups is 1. The van der Waals surface area contributed by atoms with Crippen LogP contribution in [-0.4, -0.2) is 17.6 Å². The number of hydrogen-bond acceptors (Lipinski definition) is 5. The summed E-state index contributed by atoms with van der Waals surface area (Å²) in [6.07, 6.45) is 1.75. The fraction of sp³-hybridized carbons (Fsp3) is 0.0385. The molecular weight excluding hydrogens is 434 g/mol. The number of hydrogen-bond donors (Lipinski definition) is 1. The minimum absolute atomic E-state index is 0.156. The molecule has 0 aliphatic carbocycles. The van der Waals surface area contributed by atoms with Crippen LogP contribution in [-0.2, 0) is 4.79 Å². The molecule has 0 saturated heterocycles. The van der Waals surface area contributed by atoms with Gasteiger partial charge in [-0.1, -0.05) is 54.6 Å². The first-order valence-electron chi connectivity index (χ1n) is 10.0. The number of para-hydroxylation sites is 1. The zero-order valence-electron chi connectivity index (χ0n) is 17.7. The van der Waals surface area contributed by atoms with Gasteiger partial charge in [0.05, 0.1) is 17.3 Å². The molecule has 1 amide bonds. The van der Waals surface area contributed by atoms with Gasteiger partial charge in [0, 0.05) is 11.8 Å². The van der Waals surface area contributed by atoms with Crippen LogP contribution in [0.3, 0.4) is 0 Å². The minimum atomic E-state index is -0.608. The summed E-state index contributed by atoms with van der Waals surface area (Å²) in [6.45, 7) is 0. The number of aromatic nitrogens is 1. The first-order chi connectivity index (χ1) is 16.1. The third kappa shape index (κ3) is 4.76. The molecule has 33 heavy (non-hydrogen) atoms. The summed E-state index contributed by atoms with van der Waals surface area (Å²) >= 11 is 1.10. The summed E-state index contributed by atoms with van der Waals surface area (Å²) in [5.41, 5.74) is 1.45. The van der Waals surface area contributed by atoms with E-state index in [1.165, 1.54) is 11.7 Å². The molecule has 162 valence electrons. The fourth-order valence-electron chi connectivity index (χ4n) is 3.25. The Morgan fingerprint density at radius 2 is 1.73 bits per heavy atom. The Kier molecular flexibility index (Phi) is 6.48. The van der Waals surface area contributed by atoms with Crippen molar-refractivity contribution in [2.75, 3.05) is 12.4 Å². The molecule has 0 spiro atoms. The number of anilines is 1. The van der Waals surface area contributed by atoms with E-state index in [1.807, 2.05) is 42.5 Å². The quantitative estimate of drug-likeness (QED) is 0.503. The minimum Gasteiger partial charge on any atom is -0.497 e. The van der Waals surface area contributed by atoms with E-state index in [9.17, 15) is 14.9 Å². The summed E-state index contributed by atoms with van der Waals surface area (Å²) in [6, 6.07) is 27.2. The average molecular weight is 454 g/mol. The highest BCUT2D eigenvalue weighted by Crippen LogP contribution is 2.17. The van der Waals surface area contributed by atoms with Gasteiger partial charge in [-0.3, -0.25) is 14.2 Å². The van der Waals surface area contributed by atoms with Gasteiger partial charge in [0.2, 0.25) is 0 Å². The van der Waals surface area contributed by atoms with Gasteiger partial charge in [-0.2, -0.15) is 5.26 Å². The molecule has 1 heterocycles. The Hall–Kier alpha value is -4.41. The molecule has 0 bridgehead atoms. The maximum Gasteiger partial charge on any atom is 0.273 e. The molecule has 0 radical (unpaired) electrons. The van der Waals surface area contributed by atoms with Gasteiger partial charge in [-0.05, 0) is 35.9 Å². The lowest BCUT2D eigenvalue weighted by Crippen LogP contribution is -2.32. The predicted octanol–water partition coefficient (Wildman–Crippen LogP) is 3.05. The second-order valence-corrected chi connectivity index (χ2v) is 8.01. The van der Waals surface area contributed by atoms with Gasteiger partial charge < -0.3 is 10.1 Å². The number of nitrogens with one attached hydrogen (secondary N) is 1.